The minimum atomic E-state index is 0.0370. The van der Waals surface area contributed by atoms with Gasteiger partial charge >= 0.3 is 0 Å². The highest BCUT2D eigenvalue weighted by atomic mass is 16.1. The lowest BCUT2D eigenvalue weighted by molar-refractivity contribution is -0.117. The van der Waals surface area contributed by atoms with Crippen molar-refractivity contribution in [1.29, 1.82) is 0 Å². The van der Waals surface area contributed by atoms with E-state index in [9.17, 15) is 4.79 Å². The summed E-state index contributed by atoms with van der Waals surface area (Å²) in [5.41, 5.74) is 7.73. The number of carbonyl (C=O) groups excluding carboxylic acids is 1. The van der Waals surface area contributed by atoms with E-state index in [1.54, 1.807) is 10.9 Å². The van der Waals surface area contributed by atoms with Crippen LogP contribution in [0.4, 0.5) is 5.69 Å². The van der Waals surface area contributed by atoms with Gasteiger partial charge in [0.05, 0.1) is 5.69 Å². The fourth-order valence-electron chi connectivity index (χ4n) is 2.92. The molecule has 0 aliphatic heterocycles. The Labute approximate surface area is 124 Å². The molecule has 0 saturated heterocycles. The summed E-state index contributed by atoms with van der Waals surface area (Å²) in [6.45, 7) is 0. The Morgan fingerprint density at radius 3 is 3.00 bits per heavy atom. The third-order valence-electron chi connectivity index (χ3n) is 4.06. The molecular formula is C16H20N4O. The molecule has 1 amide bonds. The highest BCUT2D eigenvalue weighted by Crippen LogP contribution is 2.27. The molecule has 3 rings (SSSR count). The second-order valence-corrected chi connectivity index (χ2v) is 5.61. The molecule has 21 heavy (non-hydrogen) atoms. The Morgan fingerprint density at radius 1 is 1.38 bits per heavy atom. The molecule has 0 radical (unpaired) electrons. The molecule has 1 aromatic heterocycles. The van der Waals surface area contributed by atoms with Crippen molar-refractivity contribution >= 4 is 11.6 Å². The second-order valence-electron chi connectivity index (χ2n) is 5.61. The standard InChI is InChI=1S/C16H20N4O/c17-15-7-1-4-12(15)10-16(21)19-13-5-2-6-14(11-13)20-9-3-8-18-20/h2-3,5-6,8-9,11-12,15H,1,4,7,10,17H2,(H,19,21)/t12-,15+/m0/s1. The van der Waals surface area contributed by atoms with Crippen LogP contribution in [0.2, 0.25) is 0 Å². The van der Waals surface area contributed by atoms with E-state index in [0.29, 0.717) is 12.3 Å². The summed E-state index contributed by atoms with van der Waals surface area (Å²) in [6.07, 6.45) is 7.33. The van der Waals surface area contributed by atoms with E-state index in [-0.39, 0.29) is 11.9 Å². The van der Waals surface area contributed by atoms with Crippen LogP contribution in [0.1, 0.15) is 25.7 Å². The Morgan fingerprint density at radius 2 is 2.29 bits per heavy atom. The molecule has 1 fully saturated rings. The Balaban J connectivity index is 1.65. The number of nitrogens with one attached hydrogen (secondary N) is 1. The summed E-state index contributed by atoms with van der Waals surface area (Å²) in [5.74, 6) is 0.356. The van der Waals surface area contributed by atoms with Crippen molar-refractivity contribution in [2.24, 2.45) is 11.7 Å². The first-order valence-electron chi connectivity index (χ1n) is 7.38. The Hall–Kier alpha value is -2.14. The van der Waals surface area contributed by atoms with Gasteiger partial charge in [0.1, 0.15) is 0 Å². The first kappa shape index (κ1) is 13.8. The van der Waals surface area contributed by atoms with Gasteiger partial charge in [0, 0.05) is 30.5 Å². The van der Waals surface area contributed by atoms with Crippen molar-refractivity contribution in [2.45, 2.75) is 31.7 Å². The van der Waals surface area contributed by atoms with Crippen LogP contribution in [0.15, 0.2) is 42.7 Å². The first-order valence-corrected chi connectivity index (χ1v) is 7.38. The lowest BCUT2D eigenvalue weighted by Crippen LogP contribution is -2.28. The molecule has 1 saturated carbocycles. The van der Waals surface area contributed by atoms with Crippen LogP contribution in [0.25, 0.3) is 5.69 Å². The van der Waals surface area contributed by atoms with E-state index in [1.807, 2.05) is 36.5 Å². The lowest BCUT2D eigenvalue weighted by atomic mass is 10.00. The zero-order valence-electron chi connectivity index (χ0n) is 11.9. The normalized spacial score (nSPS) is 21.4. The topological polar surface area (TPSA) is 72.9 Å². The maximum absolute atomic E-state index is 12.1. The van der Waals surface area contributed by atoms with Crippen LogP contribution in [-0.4, -0.2) is 21.7 Å². The molecule has 1 aromatic carbocycles. The van der Waals surface area contributed by atoms with E-state index in [4.69, 9.17) is 5.73 Å². The minimum Gasteiger partial charge on any atom is -0.327 e. The third-order valence-corrected chi connectivity index (χ3v) is 4.06. The van der Waals surface area contributed by atoms with E-state index in [1.165, 1.54) is 0 Å². The molecule has 2 aromatic rings. The number of hydrogen-bond acceptors (Lipinski definition) is 3. The zero-order chi connectivity index (χ0) is 14.7. The van der Waals surface area contributed by atoms with Crippen molar-refractivity contribution < 1.29 is 4.79 Å². The molecule has 0 unspecified atom stereocenters. The van der Waals surface area contributed by atoms with E-state index < -0.39 is 0 Å². The highest BCUT2D eigenvalue weighted by Gasteiger charge is 2.25. The number of benzene rings is 1. The predicted molar refractivity (Wildman–Crippen MR) is 82.1 cm³/mol. The number of rotatable bonds is 4. The molecule has 0 spiro atoms. The molecule has 1 aliphatic rings. The molecule has 110 valence electrons. The molecule has 1 aliphatic carbocycles. The smallest absolute Gasteiger partial charge is 0.224 e. The second kappa shape index (κ2) is 6.10. The van der Waals surface area contributed by atoms with Gasteiger partial charge in [0.15, 0.2) is 0 Å². The monoisotopic (exact) mass is 284 g/mol. The number of carbonyl (C=O) groups is 1. The summed E-state index contributed by atoms with van der Waals surface area (Å²) < 4.78 is 1.77. The molecule has 5 heteroatoms. The van der Waals surface area contributed by atoms with Crippen LogP contribution in [-0.2, 0) is 4.79 Å². The van der Waals surface area contributed by atoms with Crippen molar-refractivity contribution in [3.8, 4) is 5.69 Å². The average molecular weight is 284 g/mol. The van der Waals surface area contributed by atoms with E-state index in [2.05, 4.69) is 10.4 Å². The maximum atomic E-state index is 12.1. The maximum Gasteiger partial charge on any atom is 0.224 e. The number of nitrogens with two attached hydrogens (primary N) is 1. The molecule has 3 N–H and O–H groups in total. The fraction of sp³-hybridized carbons (Fsp3) is 0.375. The van der Waals surface area contributed by atoms with Gasteiger partial charge in [-0.15, -0.1) is 0 Å². The van der Waals surface area contributed by atoms with E-state index in [0.717, 1.165) is 30.6 Å². The molecular weight excluding hydrogens is 264 g/mol. The number of nitrogens with zero attached hydrogens (tertiary/aromatic N) is 2. The minimum absolute atomic E-state index is 0.0370. The summed E-state index contributed by atoms with van der Waals surface area (Å²) in [4.78, 5) is 12.1. The first-order chi connectivity index (χ1) is 10.2. The summed E-state index contributed by atoms with van der Waals surface area (Å²) in [5, 5.41) is 7.14. The van der Waals surface area contributed by atoms with Crippen LogP contribution >= 0.6 is 0 Å². The van der Waals surface area contributed by atoms with Crippen molar-refractivity contribution in [1.82, 2.24) is 9.78 Å². The van der Waals surface area contributed by atoms with Crippen LogP contribution < -0.4 is 11.1 Å². The lowest BCUT2D eigenvalue weighted by Gasteiger charge is -2.15. The van der Waals surface area contributed by atoms with Crippen LogP contribution in [0.5, 0.6) is 0 Å². The fourth-order valence-corrected chi connectivity index (χ4v) is 2.92. The van der Waals surface area contributed by atoms with Gasteiger partial charge in [-0.2, -0.15) is 5.10 Å². The van der Waals surface area contributed by atoms with E-state index >= 15 is 0 Å². The molecule has 2 atom stereocenters. The van der Waals surface area contributed by atoms with Crippen LogP contribution in [0.3, 0.4) is 0 Å². The van der Waals surface area contributed by atoms with Gasteiger partial charge in [-0.05, 0) is 43.0 Å². The van der Waals surface area contributed by atoms with Crippen molar-refractivity contribution in [2.75, 3.05) is 5.32 Å². The highest BCUT2D eigenvalue weighted by molar-refractivity contribution is 5.91. The Bertz CT molecular complexity index is 608. The van der Waals surface area contributed by atoms with Crippen molar-refractivity contribution in [3.05, 3.63) is 42.7 Å². The quantitative estimate of drug-likeness (QED) is 0.905. The summed E-state index contributed by atoms with van der Waals surface area (Å²) >= 11 is 0. The number of amides is 1. The SMILES string of the molecule is N[C@@H]1CCC[C@H]1CC(=O)Nc1cccc(-n2cccn2)c1. The molecule has 5 nitrogen and oxygen atoms in total. The third kappa shape index (κ3) is 3.31. The van der Waals surface area contributed by atoms with Gasteiger partial charge in [-0.1, -0.05) is 12.5 Å². The van der Waals surface area contributed by atoms with Crippen molar-refractivity contribution in [3.63, 3.8) is 0 Å². The predicted octanol–water partition coefficient (Wildman–Crippen LogP) is 2.33. The van der Waals surface area contributed by atoms with Gasteiger partial charge in [-0.3, -0.25) is 4.79 Å². The molecule has 0 bridgehead atoms. The zero-order valence-corrected chi connectivity index (χ0v) is 11.9. The molecule has 1 heterocycles. The number of aromatic nitrogens is 2. The largest absolute Gasteiger partial charge is 0.327 e. The Kier molecular flexibility index (Phi) is 4.01. The number of anilines is 1. The average Bonchev–Trinajstić information content (AvgIpc) is 3.12. The summed E-state index contributed by atoms with van der Waals surface area (Å²) in [7, 11) is 0. The summed E-state index contributed by atoms with van der Waals surface area (Å²) in [6, 6.07) is 9.71. The van der Waals surface area contributed by atoms with Gasteiger partial charge in [-0.25, -0.2) is 4.68 Å². The van der Waals surface area contributed by atoms with Crippen LogP contribution in [0, 0.1) is 5.92 Å². The van der Waals surface area contributed by atoms with Gasteiger partial charge < -0.3 is 11.1 Å². The van der Waals surface area contributed by atoms with Gasteiger partial charge in [0.2, 0.25) is 5.91 Å². The van der Waals surface area contributed by atoms with Gasteiger partial charge in [0.25, 0.3) is 0 Å². The number of hydrogen-bond donors (Lipinski definition) is 2.